The van der Waals surface area contributed by atoms with Crippen molar-refractivity contribution in [1.29, 1.82) is 0 Å². The Hall–Kier alpha value is -5.80. The molecule has 0 N–H and O–H groups in total. The molecule has 0 fully saturated rings. The molecule has 1 aliphatic carbocycles. The third-order valence-electron chi connectivity index (χ3n) is 11.0. The van der Waals surface area contributed by atoms with Gasteiger partial charge in [-0.15, -0.1) is 0 Å². The largest absolute Gasteiger partial charge is 0.456 e. The van der Waals surface area contributed by atoms with E-state index in [0.717, 1.165) is 55.5 Å². The summed E-state index contributed by atoms with van der Waals surface area (Å²) < 4.78 is 13.4. The third kappa shape index (κ3) is 3.26. The minimum Gasteiger partial charge on any atom is -0.456 e. The first-order valence-electron chi connectivity index (χ1n) is 16.4. The minimum absolute atomic E-state index is 0.0665. The Morgan fingerprint density at radius 3 is 2.17 bits per heavy atom. The zero-order chi connectivity index (χ0) is 31.0. The van der Waals surface area contributed by atoms with Gasteiger partial charge >= 0.3 is 0 Å². The number of nitrogens with zero attached hydrogens (tertiary/aromatic N) is 1. The van der Waals surface area contributed by atoms with Crippen LogP contribution in [0.2, 0.25) is 0 Å². The van der Waals surface area contributed by atoms with Gasteiger partial charge in [-0.1, -0.05) is 92.0 Å². The van der Waals surface area contributed by atoms with Gasteiger partial charge in [0.1, 0.15) is 22.2 Å². The molecule has 47 heavy (non-hydrogen) atoms. The molecule has 11 rings (SSSR count). The van der Waals surface area contributed by atoms with Crippen LogP contribution in [0.4, 0.5) is 11.4 Å². The fourth-order valence-electron chi connectivity index (χ4n) is 8.99. The average molecular weight is 604 g/mol. The molecule has 0 bridgehead atoms. The van der Waals surface area contributed by atoms with Crippen LogP contribution in [0.3, 0.4) is 0 Å². The van der Waals surface area contributed by atoms with E-state index in [1.165, 1.54) is 49.6 Å². The van der Waals surface area contributed by atoms with Gasteiger partial charge in [0.05, 0.1) is 6.04 Å². The first-order valence-corrected chi connectivity index (χ1v) is 16.4. The minimum atomic E-state index is 0.0665. The summed E-state index contributed by atoms with van der Waals surface area (Å²) in [6, 6.07) is 38.0. The molecular weight excluding hydrogens is 574 g/mol. The number of para-hydroxylation sites is 1. The number of anilines is 2. The molecule has 3 heteroatoms. The van der Waals surface area contributed by atoms with E-state index in [-0.39, 0.29) is 12.0 Å². The van der Waals surface area contributed by atoms with E-state index in [1.54, 1.807) is 6.08 Å². The van der Waals surface area contributed by atoms with Gasteiger partial charge < -0.3 is 13.7 Å². The summed E-state index contributed by atoms with van der Waals surface area (Å²) >= 11 is 0. The highest BCUT2D eigenvalue weighted by atomic mass is 16.3. The lowest BCUT2D eigenvalue weighted by atomic mass is 9.73. The Morgan fingerprint density at radius 2 is 1.38 bits per heavy atom. The Balaban J connectivity index is 1.25. The molecule has 222 valence electrons. The van der Waals surface area contributed by atoms with Crippen LogP contribution in [0.1, 0.15) is 34.9 Å². The summed E-state index contributed by atoms with van der Waals surface area (Å²) in [5.74, 6) is 0.370. The van der Waals surface area contributed by atoms with E-state index in [0.29, 0.717) is 5.92 Å². The van der Waals surface area contributed by atoms with Crippen LogP contribution in [-0.2, 0) is 0 Å². The third-order valence-corrected chi connectivity index (χ3v) is 11.0. The number of benzene rings is 6. The molecule has 8 aromatic rings. The van der Waals surface area contributed by atoms with Gasteiger partial charge in [-0.25, -0.2) is 0 Å². The van der Waals surface area contributed by atoms with Crippen LogP contribution in [0.15, 0.2) is 131 Å². The second-order valence-electron chi connectivity index (χ2n) is 13.3. The highest BCUT2D eigenvalue weighted by molar-refractivity contribution is 6.12. The molecule has 0 radical (unpaired) electrons. The number of hydrogen-bond donors (Lipinski definition) is 0. The van der Waals surface area contributed by atoms with Crippen molar-refractivity contribution in [3.8, 4) is 0 Å². The van der Waals surface area contributed by atoms with Crippen molar-refractivity contribution >= 4 is 84.1 Å². The van der Waals surface area contributed by atoms with Crippen LogP contribution in [0.5, 0.6) is 0 Å². The first-order chi connectivity index (χ1) is 23.2. The van der Waals surface area contributed by atoms with Crippen LogP contribution < -0.4 is 15.5 Å². The zero-order valence-corrected chi connectivity index (χ0v) is 25.7. The van der Waals surface area contributed by atoms with Crippen molar-refractivity contribution in [2.45, 2.75) is 24.3 Å². The second kappa shape index (κ2) is 8.92. The predicted octanol–water partition coefficient (Wildman–Crippen LogP) is 10.2. The quantitative estimate of drug-likeness (QED) is 0.197. The van der Waals surface area contributed by atoms with Gasteiger partial charge in [0.2, 0.25) is 0 Å². The highest BCUT2D eigenvalue weighted by Crippen LogP contribution is 2.62. The molecule has 3 unspecified atom stereocenters. The van der Waals surface area contributed by atoms with E-state index in [1.807, 2.05) is 12.1 Å². The Bertz CT molecular complexity index is 2850. The smallest absolute Gasteiger partial charge is 0.142 e. The molecule has 3 atom stereocenters. The maximum absolute atomic E-state index is 6.75. The summed E-state index contributed by atoms with van der Waals surface area (Å²) in [6.45, 7) is 8.40. The lowest BCUT2D eigenvalue weighted by Crippen LogP contribution is -2.29. The van der Waals surface area contributed by atoms with Gasteiger partial charge in [-0.3, -0.25) is 0 Å². The summed E-state index contributed by atoms with van der Waals surface area (Å²) in [5, 5.41) is 9.25. The molecule has 0 spiro atoms. The van der Waals surface area contributed by atoms with Crippen molar-refractivity contribution in [3.05, 3.63) is 149 Å². The molecule has 4 heterocycles. The summed E-state index contributed by atoms with van der Waals surface area (Å²) in [4.78, 5) is 2.63. The van der Waals surface area contributed by atoms with Crippen LogP contribution >= 0.6 is 0 Å². The monoisotopic (exact) mass is 603 g/mol. The number of allylic oxidation sites excluding steroid dienone is 2. The predicted molar refractivity (Wildman–Crippen MR) is 195 cm³/mol. The number of fused-ring (bicyclic) bond motifs is 12. The van der Waals surface area contributed by atoms with E-state index in [9.17, 15) is 0 Å². The van der Waals surface area contributed by atoms with Gasteiger partial charge in [-0.05, 0) is 81.6 Å². The molecule has 3 nitrogen and oxygen atoms in total. The van der Waals surface area contributed by atoms with Crippen LogP contribution in [0, 0.1) is 0 Å². The lowest BCUT2D eigenvalue weighted by Gasteiger charge is -2.31. The molecule has 0 saturated heterocycles. The van der Waals surface area contributed by atoms with E-state index in [4.69, 9.17) is 8.83 Å². The standard InChI is InChI=1S/C44H29NO2/c1-3-10-39-24(2)31-23-36-30-15-8-9-16-40(30)47-44(36)41(43(31)46-39)29-19-34-32-17-25-11-4-6-13-27(25)21-37(32)45-38-22-28-14-7-5-12-26(28)18-33(38)35(20-29)42(34)45/h3-19,21-23,29,35,42H,1-2,20H2/b39-10+. The van der Waals surface area contributed by atoms with Crippen molar-refractivity contribution in [2.24, 2.45) is 0 Å². The molecule has 2 aromatic heterocycles. The fraction of sp³-hybridized carbons (Fsp3) is 0.0909. The maximum atomic E-state index is 6.75. The number of hydrogen-bond acceptors (Lipinski definition) is 3. The van der Waals surface area contributed by atoms with Gasteiger partial charge in [0.25, 0.3) is 0 Å². The van der Waals surface area contributed by atoms with Gasteiger partial charge in [0.15, 0.2) is 0 Å². The fourth-order valence-corrected chi connectivity index (χ4v) is 8.99. The highest BCUT2D eigenvalue weighted by Gasteiger charge is 2.50. The number of furan rings is 2. The molecule has 3 aliphatic rings. The zero-order valence-electron chi connectivity index (χ0n) is 25.7. The molecule has 6 aromatic carbocycles. The van der Waals surface area contributed by atoms with Crippen molar-refractivity contribution in [1.82, 2.24) is 0 Å². The number of rotatable bonds is 2. The van der Waals surface area contributed by atoms with Crippen molar-refractivity contribution in [3.63, 3.8) is 0 Å². The average Bonchev–Trinajstić information content (AvgIpc) is 3.82. The second-order valence-corrected chi connectivity index (χ2v) is 13.3. The molecule has 2 aliphatic heterocycles. The summed E-state index contributed by atoms with van der Waals surface area (Å²) in [7, 11) is 0. The van der Waals surface area contributed by atoms with Crippen LogP contribution in [-0.4, -0.2) is 6.04 Å². The molecule has 0 amide bonds. The van der Waals surface area contributed by atoms with E-state index >= 15 is 0 Å². The van der Waals surface area contributed by atoms with Gasteiger partial charge in [-0.2, -0.15) is 0 Å². The van der Waals surface area contributed by atoms with E-state index < -0.39 is 0 Å². The normalized spacial score (nSPS) is 20.0. The van der Waals surface area contributed by atoms with Crippen molar-refractivity contribution < 1.29 is 8.83 Å². The van der Waals surface area contributed by atoms with Crippen LogP contribution in [0.25, 0.3) is 72.7 Å². The Labute approximate surface area is 270 Å². The molecule has 0 saturated carbocycles. The van der Waals surface area contributed by atoms with E-state index in [2.05, 4.69) is 121 Å². The molecular formula is C44H29NO2. The first kappa shape index (κ1) is 25.4. The van der Waals surface area contributed by atoms with Crippen molar-refractivity contribution in [2.75, 3.05) is 4.90 Å². The van der Waals surface area contributed by atoms with Gasteiger partial charge in [0, 0.05) is 55.7 Å². The summed E-state index contributed by atoms with van der Waals surface area (Å²) in [5.41, 5.74) is 11.3. The topological polar surface area (TPSA) is 29.5 Å². The lowest BCUT2D eigenvalue weighted by molar-refractivity contribution is 0.533. The Morgan fingerprint density at radius 1 is 0.702 bits per heavy atom. The maximum Gasteiger partial charge on any atom is 0.142 e. The SMILES string of the molecule is C=C/C=c1/oc2c(C3C=C4c5cc6ccccc6cc5N5c6cc7ccccc7cc6C(C3)C45)c3oc4ccccc4c3cc2c1=C. The summed E-state index contributed by atoms with van der Waals surface area (Å²) in [6.07, 6.45) is 7.16. The Kier molecular flexibility index (Phi) is 4.82.